The third-order valence-corrected chi connectivity index (χ3v) is 3.64. The SMILES string of the molecule is CC1(C)OB(/C=C/c2cnc(C(F)(F)F)nc2)OC1(C)C. The molecule has 0 atom stereocenters. The normalized spacial score (nSPS) is 21.2. The van der Waals surface area contributed by atoms with E-state index in [1.165, 1.54) is 0 Å². The lowest BCUT2D eigenvalue weighted by Crippen LogP contribution is -2.41. The van der Waals surface area contributed by atoms with E-state index in [1.54, 1.807) is 12.1 Å². The van der Waals surface area contributed by atoms with Gasteiger partial charge < -0.3 is 9.31 Å². The average molecular weight is 300 g/mol. The molecule has 2 rings (SSSR count). The zero-order valence-electron chi connectivity index (χ0n) is 12.2. The van der Waals surface area contributed by atoms with Gasteiger partial charge in [-0.15, -0.1) is 0 Å². The van der Waals surface area contributed by atoms with Gasteiger partial charge in [0.2, 0.25) is 5.82 Å². The largest absolute Gasteiger partial charge is 0.487 e. The van der Waals surface area contributed by atoms with Crippen LogP contribution in [0.3, 0.4) is 0 Å². The van der Waals surface area contributed by atoms with Crippen molar-refractivity contribution in [2.24, 2.45) is 0 Å². The zero-order valence-corrected chi connectivity index (χ0v) is 12.2. The summed E-state index contributed by atoms with van der Waals surface area (Å²) >= 11 is 0. The lowest BCUT2D eigenvalue weighted by atomic mass is 9.89. The van der Waals surface area contributed by atoms with Crippen LogP contribution in [0, 0.1) is 0 Å². The van der Waals surface area contributed by atoms with Crippen LogP contribution in [0.4, 0.5) is 13.2 Å². The third kappa shape index (κ3) is 3.44. The highest BCUT2D eigenvalue weighted by Gasteiger charge is 2.50. The molecule has 0 radical (unpaired) electrons. The summed E-state index contributed by atoms with van der Waals surface area (Å²) in [5.74, 6) is 0.470. The number of hydrogen-bond donors (Lipinski definition) is 0. The molecule has 0 N–H and O–H groups in total. The highest BCUT2D eigenvalue weighted by atomic mass is 19.4. The molecule has 1 fully saturated rings. The van der Waals surface area contributed by atoms with Crippen LogP contribution in [0.5, 0.6) is 0 Å². The lowest BCUT2D eigenvalue weighted by molar-refractivity contribution is -0.145. The first-order valence-electron chi connectivity index (χ1n) is 6.44. The van der Waals surface area contributed by atoms with Crippen molar-refractivity contribution >= 4 is 13.2 Å². The van der Waals surface area contributed by atoms with Crippen molar-refractivity contribution in [3.8, 4) is 0 Å². The van der Waals surface area contributed by atoms with Gasteiger partial charge in [-0.05, 0) is 27.7 Å². The Kier molecular flexibility index (Phi) is 3.88. The molecule has 1 saturated heterocycles. The van der Waals surface area contributed by atoms with Crippen molar-refractivity contribution in [1.29, 1.82) is 0 Å². The van der Waals surface area contributed by atoms with Gasteiger partial charge in [-0.3, -0.25) is 0 Å². The van der Waals surface area contributed by atoms with E-state index < -0.39 is 30.3 Å². The van der Waals surface area contributed by atoms with Crippen LogP contribution in [-0.2, 0) is 15.5 Å². The average Bonchev–Trinajstić information content (AvgIpc) is 2.55. The highest BCUT2D eigenvalue weighted by Crippen LogP contribution is 2.37. The maximum atomic E-state index is 12.3. The van der Waals surface area contributed by atoms with E-state index in [1.807, 2.05) is 27.7 Å². The van der Waals surface area contributed by atoms with Crippen LogP contribution in [0.1, 0.15) is 39.1 Å². The van der Waals surface area contributed by atoms with Crippen molar-refractivity contribution in [3.05, 3.63) is 29.8 Å². The monoisotopic (exact) mass is 300 g/mol. The topological polar surface area (TPSA) is 44.2 Å². The molecule has 0 unspecified atom stereocenters. The first kappa shape index (κ1) is 16.0. The number of aromatic nitrogens is 2. The molecule has 2 heterocycles. The predicted molar refractivity (Wildman–Crippen MR) is 72.2 cm³/mol. The van der Waals surface area contributed by atoms with E-state index in [-0.39, 0.29) is 0 Å². The van der Waals surface area contributed by atoms with Crippen molar-refractivity contribution in [3.63, 3.8) is 0 Å². The Morgan fingerprint density at radius 1 is 1.05 bits per heavy atom. The molecule has 0 bridgehead atoms. The summed E-state index contributed by atoms with van der Waals surface area (Å²) in [6, 6.07) is 0. The van der Waals surface area contributed by atoms with Crippen LogP contribution >= 0.6 is 0 Å². The van der Waals surface area contributed by atoms with Gasteiger partial charge in [-0.2, -0.15) is 13.2 Å². The molecule has 114 valence electrons. The number of nitrogens with zero attached hydrogens (tertiary/aromatic N) is 2. The summed E-state index contributed by atoms with van der Waals surface area (Å²) in [7, 11) is -0.558. The molecular formula is C13H16BF3N2O2. The van der Waals surface area contributed by atoms with E-state index in [0.29, 0.717) is 5.56 Å². The smallest absolute Gasteiger partial charge is 0.400 e. The standard InChI is InChI=1S/C13H16BF3N2O2/c1-11(2)12(3,4)21-14(20-11)6-5-9-7-18-10(19-8-9)13(15,16)17/h5-8H,1-4H3/b6-5+. The van der Waals surface area contributed by atoms with Crippen LogP contribution in [-0.4, -0.2) is 28.3 Å². The van der Waals surface area contributed by atoms with E-state index >= 15 is 0 Å². The Morgan fingerprint density at radius 3 is 1.95 bits per heavy atom. The molecular weight excluding hydrogens is 284 g/mol. The fourth-order valence-corrected chi connectivity index (χ4v) is 1.73. The molecule has 0 aromatic carbocycles. The van der Waals surface area contributed by atoms with Gasteiger partial charge in [0.15, 0.2) is 0 Å². The highest BCUT2D eigenvalue weighted by molar-refractivity contribution is 6.52. The van der Waals surface area contributed by atoms with E-state index in [0.717, 1.165) is 12.4 Å². The second-order valence-corrected chi connectivity index (χ2v) is 5.82. The van der Waals surface area contributed by atoms with Crippen molar-refractivity contribution < 1.29 is 22.5 Å². The van der Waals surface area contributed by atoms with Crippen LogP contribution in [0.25, 0.3) is 6.08 Å². The molecule has 4 nitrogen and oxygen atoms in total. The molecule has 8 heteroatoms. The van der Waals surface area contributed by atoms with Gasteiger partial charge in [0.1, 0.15) is 0 Å². The third-order valence-electron chi connectivity index (χ3n) is 3.64. The quantitative estimate of drug-likeness (QED) is 0.787. The van der Waals surface area contributed by atoms with Gasteiger partial charge in [0, 0.05) is 18.0 Å². The molecule has 0 aliphatic carbocycles. The minimum absolute atomic E-state index is 0.442. The second kappa shape index (κ2) is 5.10. The second-order valence-electron chi connectivity index (χ2n) is 5.82. The van der Waals surface area contributed by atoms with E-state index in [9.17, 15) is 13.2 Å². The van der Waals surface area contributed by atoms with Gasteiger partial charge in [0.25, 0.3) is 0 Å². The summed E-state index contributed by atoms with van der Waals surface area (Å²) in [4.78, 5) is 6.57. The lowest BCUT2D eigenvalue weighted by Gasteiger charge is -2.32. The molecule has 0 amide bonds. The maximum absolute atomic E-state index is 12.3. The molecule has 0 saturated carbocycles. The summed E-state index contributed by atoms with van der Waals surface area (Å²) < 4.78 is 48.5. The molecule has 1 aromatic rings. The van der Waals surface area contributed by atoms with Crippen molar-refractivity contribution in [2.45, 2.75) is 45.1 Å². The van der Waals surface area contributed by atoms with Crippen LogP contribution in [0.2, 0.25) is 0 Å². The van der Waals surface area contributed by atoms with Crippen molar-refractivity contribution in [2.75, 3.05) is 0 Å². The van der Waals surface area contributed by atoms with Gasteiger partial charge in [0.05, 0.1) is 11.2 Å². The predicted octanol–water partition coefficient (Wildman–Crippen LogP) is 3.14. The summed E-state index contributed by atoms with van der Waals surface area (Å²) in [5.41, 5.74) is -0.477. The number of alkyl halides is 3. The molecule has 1 aliphatic rings. The Hall–Kier alpha value is -1.41. The Morgan fingerprint density at radius 2 is 1.52 bits per heavy atom. The van der Waals surface area contributed by atoms with Gasteiger partial charge in [-0.1, -0.05) is 12.1 Å². The summed E-state index contributed by atoms with van der Waals surface area (Å²) in [5, 5.41) is 0. The fraction of sp³-hybridized carbons (Fsp3) is 0.538. The minimum Gasteiger partial charge on any atom is -0.400 e. The van der Waals surface area contributed by atoms with Gasteiger partial charge >= 0.3 is 13.3 Å². The van der Waals surface area contributed by atoms with Crippen LogP contribution in [0.15, 0.2) is 18.4 Å². The Balaban J connectivity index is 2.06. The number of rotatable bonds is 2. The Labute approximate surface area is 121 Å². The molecule has 1 aromatic heterocycles. The first-order valence-corrected chi connectivity index (χ1v) is 6.44. The summed E-state index contributed by atoms with van der Waals surface area (Å²) in [6.07, 6.45) is -0.745. The fourth-order valence-electron chi connectivity index (χ4n) is 1.73. The molecule has 1 aliphatic heterocycles. The molecule has 21 heavy (non-hydrogen) atoms. The van der Waals surface area contributed by atoms with Gasteiger partial charge in [-0.25, -0.2) is 9.97 Å². The van der Waals surface area contributed by atoms with Crippen LogP contribution < -0.4 is 0 Å². The maximum Gasteiger partial charge on any atom is 0.487 e. The van der Waals surface area contributed by atoms with Crippen molar-refractivity contribution in [1.82, 2.24) is 9.97 Å². The van der Waals surface area contributed by atoms with E-state index in [4.69, 9.17) is 9.31 Å². The zero-order chi connectivity index (χ0) is 15.9. The van der Waals surface area contributed by atoms with E-state index in [2.05, 4.69) is 9.97 Å². The number of hydrogen-bond acceptors (Lipinski definition) is 4. The molecule has 0 spiro atoms. The Bertz CT molecular complexity index is 525. The number of halogens is 3. The minimum atomic E-state index is -4.53. The summed E-state index contributed by atoms with van der Waals surface area (Å²) in [6.45, 7) is 7.67. The first-order chi connectivity index (χ1) is 9.51.